The van der Waals surface area contributed by atoms with Gasteiger partial charge in [0, 0.05) is 6.42 Å². The third-order valence-corrected chi connectivity index (χ3v) is 6.13. The summed E-state index contributed by atoms with van der Waals surface area (Å²) < 4.78 is 34.3. The third-order valence-electron chi connectivity index (χ3n) is 5.33. The quantitative estimate of drug-likeness (QED) is 0.0814. The van der Waals surface area contributed by atoms with Gasteiger partial charge in [-0.25, -0.2) is 8.42 Å². The second kappa shape index (κ2) is 18.1. The molecule has 0 bridgehead atoms. The van der Waals surface area contributed by atoms with E-state index in [1.165, 1.54) is 19.3 Å². The molecule has 0 aromatic carbocycles. The molecule has 0 aromatic heterocycles. The number of β-amino-alcohol motifs (C(OH)–C–C–N with tert-alkyl or cyclic N) is 2. The van der Waals surface area contributed by atoms with Gasteiger partial charge in [-0.15, -0.1) is 0 Å². The molecule has 0 amide bonds. The molecule has 32 heavy (non-hydrogen) atoms. The Morgan fingerprint density at radius 3 is 2.41 bits per heavy atom. The summed E-state index contributed by atoms with van der Waals surface area (Å²) in [5.74, 6) is -0.529. The van der Waals surface area contributed by atoms with E-state index in [1.807, 2.05) is 0 Å². The number of carbonyl (C=O) groups is 1. The van der Waals surface area contributed by atoms with Gasteiger partial charge in [0.1, 0.15) is 32.3 Å². The predicted octanol–water partition coefficient (Wildman–Crippen LogP) is -1.34. The summed E-state index contributed by atoms with van der Waals surface area (Å²) in [7, 11) is -4.54. The van der Waals surface area contributed by atoms with Gasteiger partial charge in [0.05, 0.1) is 22.5 Å². The van der Waals surface area contributed by atoms with Crippen molar-refractivity contribution in [1.82, 2.24) is 4.90 Å². The molecule has 0 saturated carbocycles. The molecule has 8 nitrogen and oxygen atoms in total. The van der Waals surface area contributed by atoms with Crippen molar-refractivity contribution in [2.75, 3.05) is 38.5 Å². The van der Waals surface area contributed by atoms with Crippen LogP contribution in [-0.4, -0.2) is 88.9 Å². The van der Waals surface area contributed by atoms with Crippen molar-refractivity contribution >= 4 is 21.7 Å². The van der Waals surface area contributed by atoms with Crippen molar-refractivity contribution in [2.24, 2.45) is 0 Å². The minimum Gasteiger partial charge on any atom is -0.748 e. The van der Waals surface area contributed by atoms with E-state index in [1.54, 1.807) is 9.48 Å². The number of aliphatic hydroxyl groups excluding tert-OH is 2. The van der Waals surface area contributed by atoms with Crippen molar-refractivity contribution in [1.29, 1.82) is 0 Å². The van der Waals surface area contributed by atoms with Crippen LogP contribution in [-0.2, 0) is 14.9 Å². The molecule has 1 unspecified atom stereocenters. The fourth-order valence-electron chi connectivity index (χ4n) is 3.83. The molecule has 2 N–H and O–H groups in total. The molecule has 1 rings (SSSR count). The van der Waals surface area contributed by atoms with Gasteiger partial charge in [0.2, 0.25) is 5.78 Å². The molecule has 0 aliphatic carbocycles. The summed E-state index contributed by atoms with van der Waals surface area (Å²) in [5.41, 5.74) is 0. The van der Waals surface area contributed by atoms with Crippen LogP contribution in [0.5, 0.6) is 0 Å². The van der Waals surface area contributed by atoms with Crippen molar-refractivity contribution in [3.05, 3.63) is 12.2 Å². The zero-order valence-corrected chi connectivity index (χ0v) is 22.7. The molecule has 0 aromatic rings. The van der Waals surface area contributed by atoms with Gasteiger partial charge in [0.25, 0.3) is 0 Å². The summed E-state index contributed by atoms with van der Waals surface area (Å²) in [5, 5.41) is 19.2. The maximum Gasteiger partial charge on any atom is 1.00 e. The Morgan fingerprint density at radius 1 is 1.16 bits per heavy atom. The average Bonchev–Trinajstić information content (AvgIpc) is 3.06. The molecule has 0 radical (unpaired) electrons. The number of allylic oxidation sites excluding steroid dienone is 2. The first-order chi connectivity index (χ1) is 14.8. The SMILES string of the molecule is CCC/C=C/CCCCCCCCC(=O)C1=[N+](CC(O)CS(=O)(=O)[O-])CCN1CCO.[Na+]. The van der Waals surface area contributed by atoms with Crippen molar-refractivity contribution in [3.8, 4) is 0 Å². The fourth-order valence-corrected chi connectivity index (χ4v) is 4.41. The van der Waals surface area contributed by atoms with Crippen LogP contribution in [0.1, 0.15) is 71.1 Å². The van der Waals surface area contributed by atoms with Crippen molar-refractivity contribution < 1.29 is 62.1 Å². The maximum absolute atomic E-state index is 12.8. The van der Waals surface area contributed by atoms with Gasteiger partial charge < -0.3 is 14.8 Å². The van der Waals surface area contributed by atoms with Gasteiger partial charge in [-0.05, 0) is 25.7 Å². The van der Waals surface area contributed by atoms with E-state index in [2.05, 4.69) is 19.1 Å². The molecule has 0 saturated heterocycles. The largest absolute Gasteiger partial charge is 1.00 e. The van der Waals surface area contributed by atoms with Gasteiger partial charge >= 0.3 is 35.4 Å². The van der Waals surface area contributed by atoms with Crippen LogP contribution in [0.3, 0.4) is 0 Å². The van der Waals surface area contributed by atoms with E-state index in [9.17, 15) is 28.0 Å². The van der Waals surface area contributed by atoms with Crippen molar-refractivity contribution in [3.63, 3.8) is 0 Å². The predicted molar refractivity (Wildman–Crippen MR) is 120 cm³/mol. The van der Waals surface area contributed by atoms with E-state index in [-0.39, 0.29) is 48.5 Å². The Morgan fingerprint density at radius 2 is 1.78 bits per heavy atom. The summed E-state index contributed by atoms with van der Waals surface area (Å²) in [6.45, 7) is 3.26. The van der Waals surface area contributed by atoms with E-state index in [4.69, 9.17) is 0 Å². The van der Waals surface area contributed by atoms with E-state index in [0.29, 0.717) is 31.9 Å². The number of carbonyl (C=O) groups excluding carboxylic acids is 1. The number of unbranched alkanes of at least 4 members (excludes halogenated alkanes) is 7. The number of amidine groups is 1. The summed E-state index contributed by atoms with van der Waals surface area (Å²) in [6, 6.07) is 0. The van der Waals surface area contributed by atoms with Gasteiger partial charge in [0.15, 0.2) is 0 Å². The van der Waals surface area contributed by atoms with E-state index < -0.39 is 22.0 Å². The zero-order chi connectivity index (χ0) is 23.1. The normalized spacial score (nSPS) is 15.4. The minimum absolute atomic E-state index is 0. The molecule has 1 heterocycles. The number of Topliss-reactive ketones (excluding diaryl/α,β-unsaturated/α-hetero) is 1. The molecule has 1 aliphatic rings. The molecule has 10 heteroatoms. The van der Waals surface area contributed by atoms with E-state index >= 15 is 0 Å². The standard InChI is InChI=1S/C22H40N2O6S.Na/c1-2-3-4-5-6-7-8-9-10-11-12-13-21(27)22-23(16-17-25)14-15-24(22)18-20(26)19-31(28,29)30;/h4-5,20,25-26H,2-3,6-19H2,1H3;/q;+1/b5-4+;. The Hall–Kier alpha value is -0.290. The number of rotatable bonds is 18. The number of aliphatic hydroxyl groups is 2. The Labute approximate surface area is 215 Å². The molecule has 0 spiro atoms. The van der Waals surface area contributed by atoms with E-state index in [0.717, 1.165) is 38.5 Å². The molecule has 1 aliphatic heterocycles. The fraction of sp³-hybridized carbons (Fsp3) is 0.818. The van der Waals surface area contributed by atoms with Crippen LogP contribution >= 0.6 is 0 Å². The molecule has 1 atom stereocenters. The third kappa shape index (κ3) is 14.1. The van der Waals surface area contributed by atoms with Gasteiger partial charge in [-0.1, -0.05) is 51.2 Å². The average molecular weight is 484 g/mol. The van der Waals surface area contributed by atoms with Crippen LogP contribution in [0.4, 0.5) is 0 Å². The number of hydrogen-bond donors (Lipinski definition) is 2. The Kier molecular flexibility index (Phi) is 17.9. The Balaban J connectivity index is 0.00000961. The molecular weight excluding hydrogens is 443 g/mol. The summed E-state index contributed by atoms with van der Waals surface area (Å²) in [4.78, 5) is 14.6. The van der Waals surface area contributed by atoms with Gasteiger partial charge in [-0.2, -0.15) is 0 Å². The first-order valence-electron chi connectivity index (χ1n) is 11.6. The van der Waals surface area contributed by atoms with Crippen LogP contribution in [0.25, 0.3) is 0 Å². The summed E-state index contributed by atoms with van der Waals surface area (Å²) in [6.07, 6.45) is 13.4. The smallest absolute Gasteiger partial charge is 0.748 e. The zero-order valence-electron chi connectivity index (χ0n) is 19.9. The van der Waals surface area contributed by atoms with Crippen LogP contribution in [0.15, 0.2) is 12.2 Å². The number of hydrogen-bond acceptors (Lipinski definition) is 7. The molecule has 180 valence electrons. The minimum atomic E-state index is -4.54. The topological polar surface area (TPSA) is 121 Å². The monoisotopic (exact) mass is 483 g/mol. The number of nitrogens with zero attached hydrogens (tertiary/aromatic N) is 2. The molecule has 0 fully saturated rings. The second-order valence-corrected chi connectivity index (χ2v) is 9.65. The first kappa shape index (κ1) is 31.7. The number of ketones is 1. The second-order valence-electron chi connectivity index (χ2n) is 8.20. The van der Waals surface area contributed by atoms with Crippen LogP contribution in [0.2, 0.25) is 0 Å². The Bertz CT molecular complexity index is 697. The van der Waals surface area contributed by atoms with Gasteiger partial charge in [-0.3, -0.25) is 14.3 Å². The first-order valence-corrected chi connectivity index (χ1v) is 13.1. The summed E-state index contributed by atoms with van der Waals surface area (Å²) >= 11 is 0. The van der Waals surface area contributed by atoms with Crippen LogP contribution in [0, 0.1) is 0 Å². The molecular formula is C22H40N2NaO6S+. The van der Waals surface area contributed by atoms with Crippen LogP contribution < -0.4 is 29.6 Å². The maximum atomic E-state index is 12.8. The van der Waals surface area contributed by atoms with Crippen molar-refractivity contribution in [2.45, 2.75) is 77.2 Å².